The summed E-state index contributed by atoms with van der Waals surface area (Å²) in [5.74, 6) is 0. The van der Waals surface area contributed by atoms with Crippen LogP contribution in [0.1, 0.15) is 17.5 Å². The van der Waals surface area contributed by atoms with Gasteiger partial charge in [0.25, 0.3) is 5.60 Å². The van der Waals surface area contributed by atoms with E-state index < -0.39 is 23.5 Å². The van der Waals surface area contributed by atoms with Crippen molar-refractivity contribution in [1.82, 2.24) is 0 Å². The Kier molecular flexibility index (Phi) is 6.32. The Balaban J connectivity index is 2.01. The van der Waals surface area contributed by atoms with E-state index in [1.165, 1.54) is 0 Å². The predicted molar refractivity (Wildman–Crippen MR) is 90.7 cm³/mol. The summed E-state index contributed by atoms with van der Waals surface area (Å²) in [6, 6.07) is 10.6. The molecule has 27 heavy (non-hydrogen) atoms. The SMILES string of the molecule is OC(c1ccc(NCCCc2ccccc2Cl)cc1)(C(F)(F)F)C(F)(F)F. The lowest BCUT2D eigenvalue weighted by Crippen LogP contribution is -2.53. The molecule has 0 aromatic heterocycles. The maximum atomic E-state index is 12.8. The molecule has 0 radical (unpaired) electrons. The number of aryl methyl sites for hydroxylation is 1. The molecule has 0 atom stereocenters. The standard InChI is InChI=1S/C18H16ClF6NO/c19-15-6-2-1-4-12(15)5-3-11-26-14-9-7-13(8-10-14)16(27,17(20,21)22)18(23,24)25/h1-2,4,6-10,26-27H,3,5,11H2. The second-order valence-electron chi connectivity index (χ2n) is 5.91. The lowest BCUT2D eigenvalue weighted by Gasteiger charge is -2.32. The molecule has 0 fully saturated rings. The minimum atomic E-state index is -5.89. The molecule has 0 aliphatic rings. The maximum absolute atomic E-state index is 12.8. The van der Waals surface area contributed by atoms with E-state index in [-0.39, 0.29) is 0 Å². The molecule has 0 amide bonds. The van der Waals surface area contributed by atoms with Crippen molar-refractivity contribution < 1.29 is 31.4 Å². The van der Waals surface area contributed by atoms with Crippen LogP contribution in [0, 0.1) is 0 Å². The van der Waals surface area contributed by atoms with E-state index in [0.29, 0.717) is 42.2 Å². The van der Waals surface area contributed by atoms with Gasteiger partial charge in [-0.15, -0.1) is 0 Å². The summed E-state index contributed by atoms with van der Waals surface area (Å²) in [5, 5.41) is 12.9. The van der Waals surface area contributed by atoms with Crippen molar-refractivity contribution in [1.29, 1.82) is 0 Å². The van der Waals surface area contributed by atoms with Gasteiger partial charge >= 0.3 is 12.4 Å². The zero-order valence-corrected chi connectivity index (χ0v) is 14.6. The fourth-order valence-corrected chi connectivity index (χ4v) is 2.76. The molecule has 2 rings (SSSR count). The van der Waals surface area contributed by atoms with Gasteiger partial charge in [0.15, 0.2) is 0 Å². The van der Waals surface area contributed by atoms with Crippen LogP contribution in [0.2, 0.25) is 5.02 Å². The third kappa shape index (κ3) is 4.68. The first-order chi connectivity index (χ1) is 12.5. The normalized spacial score (nSPS) is 12.9. The molecule has 0 spiro atoms. The Morgan fingerprint density at radius 3 is 1.93 bits per heavy atom. The number of halogens is 7. The topological polar surface area (TPSA) is 32.3 Å². The number of alkyl halides is 6. The fraction of sp³-hybridized carbons (Fsp3) is 0.333. The molecule has 0 saturated heterocycles. The number of hydrogen-bond donors (Lipinski definition) is 2. The van der Waals surface area contributed by atoms with Crippen molar-refractivity contribution in [2.75, 3.05) is 11.9 Å². The van der Waals surface area contributed by atoms with Crippen LogP contribution < -0.4 is 5.32 Å². The molecule has 2 aromatic carbocycles. The summed E-state index contributed by atoms with van der Waals surface area (Å²) < 4.78 is 77.0. The summed E-state index contributed by atoms with van der Waals surface area (Å²) in [6.45, 7) is 0.438. The van der Waals surface area contributed by atoms with Gasteiger partial charge in [0.2, 0.25) is 0 Å². The number of aliphatic hydroxyl groups is 1. The van der Waals surface area contributed by atoms with Crippen LogP contribution >= 0.6 is 11.6 Å². The molecule has 9 heteroatoms. The molecule has 0 unspecified atom stereocenters. The second kappa shape index (κ2) is 7.98. The first kappa shape index (κ1) is 21.4. The quantitative estimate of drug-likeness (QED) is 0.472. The number of nitrogens with one attached hydrogen (secondary N) is 1. The van der Waals surface area contributed by atoms with E-state index in [0.717, 1.165) is 17.7 Å². The van der Waals surface area contributed by atoms with Gasteiger partial charge in [0.1, 0.15) is 0 Å². The summed E-state index contributed by atoms with van der Waals surface area (Å²) in [5.41, 5.74) is -4.92. The summed E-state index contributed by atoms with van der Waals surface area (Å²) in [4.78, 5) is 0. The zero-order chi connectivity index (χ0) is 20.3. The highest BCUT2D eigenvalue weighted by molar-refractivity contribution is 6.31. The van der Waals surface area contributed by atoms with Crippen LogP contribution in [-0.4, -0.2) is 24.0 Å². The highest BCUT2D eigenvalue weighted by Gasteiger charge is 2.71. The van der Waals surface area contributed by atoms with Crippen LogP contribution in [0.25, 0.3) is 0 Å². The van der Waals surface area contributed by atoms with Crippen LogP contribution in [0.3, 0.4) is 0 Å². The van der Waals surface area contributed by atoms with Crippen LogP contribution in [0.15, 0.2) is 48.5 Å². The third-order valence-electron chi connectivity index (χ3n) is 4.03. The maximum Gasteiger partial charge on any atom is 0.430 e. The molecular weight excluding hydrogens is 396 g/mol. The smallest absolute Gasteiger partial charge is 0.385 e. The molecular formula is C18H16ClF6NO. The predicted octanol–water partition coefficient (Wildman–Crippen LogP) is 5.70. The Labute approximate surface area is 156 Å². The monoisotopic (exact) mass is 411 g/mol. The van der Waals surface area contributed by atoms with Gasteiger partial charge in [0.05, 0.1) is 0 Å². The van der Waals surface area contributed by atoms with Crippen molar-refractivity contribution in [3.8, 4) is 0 Å². The van der Waals surface area contributed by atoms with Crippen LogP contribution in [0.5, 0.6) is 0 Å². The zero-order valence-electron chi connectivity index (χ0n) is 13.8. The van der Waals surface area contributed by atoms with Crippen molar-refractivity contribution in [2.24, 2.45) is 0 Å². The van der Waals surface area contributed by atoms with Gasteiger partial charge in [-0.2, -0.15) is 26.3 Å². The lowest BCUT2D eigenvalue weighted by atomic mass is 9.92. The first-order valence-corrected chi connectivity index (χ1v) is 8.28. The van der Waals surface area contributed by atoms with Gasteiger partial charge < -0.3 is 10.4 Å². The Hall–Kier alpha value is -1.93. The number of anilines is 1. The Bertz CT molecular complexity index is 744. The minimum Gasteiger partial charge on any atom is -0.385 e. The van der Waals surface area contributed by atoms with Gasteiger partial charge in [-0.1, -0.05) is 41.9 Å². The first-order valence-electron chi connectivity index (χ1n) is 7.90. The molecule has 148 valence electrons. The summed E-state index contributed by atoms with van der Waals surface area (Å²) in [6.07, 6.45) is -10.5. The molecule has 2 N–H and O–H groups in total. The number of rotatable bonds is 6. The van der Waals surface area contributed by atoms with E-state index in [9.17, 15) is 31.4 Å². The van der Waals surface area contributed by atoms with E-state index in [2.05, 4.69) is 5.32 Å². The average Bonchev–Trinajstić information content (AvgIpc) is 2.58. The van der Waals surface area contributed by atoms with Crippen LogP contribution in [-0.2, 0) is 12.0 Å². The lowest BCUT2D eigenvalue weighted by molar-refractivity contribution is -0.376. The Morgan fingerprint density at radius 1 is 0.852 bits per heavy atom. The van der Waals surface area contributed by atoms with Crippen LogP contribution in [0.4, 0.5) is 32.0 Å². The van der Waals surface area contributed by atoms with E-state index >= 15 is 0 Å². The molecule has 2 nitrogen and oxygen atoms in total. The largest absolute Gasteiger partial charge is 0.430 e. The fourth-order valence-electron chi connectivity index (χ4n) is 2.53. The van der Waals surface area contributed by atoms with Gasteiger partial charge in [0, 0.05) is 22.8 Å². The molecule has 0 heterocycles. The van der Waals surface area contributed by atoms with Gasteiger partial charge in [-0.25, -0.2) is 0 Å². The van der Waals surface area contributed by atoms with E-state index in [1.807, 2.05) is 12.1 Å². The van der Waals surface area contributed by atoms with Gasteiger partial charge in [-0.3, -0.25) is 0 Å². The highest BCUT2D eigenvalue weighted by atomic mass is 35.5. The Morgan fingerprint density at radius 2 is 1.41 bits per heavy atom. The highest BCUT2D eigenvalue weighted by Crippen LogP contribution is 2.50. The van der Waals surface area contributed by atoms with Crippen molar-refractivity contribution in [3.63, 3.8) is 0 Å². The minimum absolute atomic E-state index is 0.338. The van der Waals surface area contributed by atoms with Crippen molar-refractivity contribution >= 4 is 17.3 Å². The number of benzene rings is 2. The van der Waals surface area contributed by atoms with Crippen molar-refractivity contribution in [2.45, 2.75) is 30.8 Å². The van der Waals surface area contributed by atoms with E-state index in [1.54, 1.807) is 12.1 Å². The third-order valence-corrected chi connectivity index (χ3v) is 4.40. The molecule has 2 aromatic rings. The van der Waals surface area contributed by atoms with E-state index in [4.69, 9.17) is 11.6 Å². The molecule has 0 aliphatic heterocycles. The average molecular weight is 412 g/mol. The second-order valence-corrected chi connectivity index (χ2v) is 6.31. The summed E-state index contributed by atoms with van der Waals surface area (Å²) in [7, 11) is 0. The summed E-state index contributed by atoms with van der Waals surface area (Å²) >= 11 is 6.03. The van der Waals surface area contributed by atoms with Crippen molar-refractivity contribution in [3.05, 3.63) is 64.7 Å². The molecule has 0 aliphatic carbocycles. The molecule has 0 bridgehead atoms. The molecule has 0 saturated carbocycles. The number of hydrogen-bond acceptors (Lipinski definition) is 2. The van der Waals surface area contributed by atoms with Gasteiger partial charge in [-0.05, 0) is 36.6 Å².